The number of thiophene rings is 1. The Labute approximate surface area is 167 Å². The van der Waals surface area contributed by atoms with Crippen LogP contribution in [0.4, 0.5) is 5.00 Å². The average Bonchev–Trinajstić information content (AvgIpc) is 3.13. The first-order valence-corrected chi connectivity index (χ1v) is 10.8. The van der Waals surface area contributed by atoms with Crippen LogP contribution in [0, 0.1) is 11.3 Å². The van der Waals surface area contributed by atoms with Gasteiger partial charge in [-0.3, -0.25) is 14.4 Å². The normalized spacial score (nSPS) is 14.2. The molecule has 146 valence electrons. The predicted molar refractivity (Wildman–Crippen MR) is 106 cm³/mol. The standard InChI is InChI=1S/C18H23N3O4S2/c1-21(14-5-3-2-4-6-14)16(23)11-26-12-17(24)25-10-15(22)20-18-13(9-19)7-8-27-18/h7-8,14H,2-6,10-12H2,1H3,(H,20,22). The van der Waals surface area contributed by atoms with E-state index in [9.17, 15) is 14.4 Å². The monoisotopic (exact) mass is 409 g/mol. The molecule has 7 nitrogen and oxygen atoms in total. The number of carbonyl (C=O) groups is 3. The summed E-state index contributed by atoms with van der Waals surface area (Å²) in [6, 6.07) is 3.87. The highest BCUT2D eigenvalue weighted by atomic mass is 32.2. The molecular formula is C18H23N3O4S2. The van der Waals surface area contributed by atoms with Crippen molar-refractivity contribution >= 4 is 45.9 Å². The highest BCUT2D eigenvalue weighted by Gasteiger charge is 2.22. The van der Waals surface area contributed by atoms with Gasteiger partial charge in [0.25, 0.3) is 5.91 Å². The van der Waals surface area contributed by atoms with E-state index in [1.54, 1.807) is 16.3 Å². The molecule has 1 aliphatic rings. The van der Waals surface area contributed by atoms with Gasteiger partial charge in [-0.1, -0.05) is 19.3 Å². The number of carbonyl (C=O) groups excluding carboxylic acids is 3. The Balaban J connectivity index is 1.62. The van der Waals surface area contributed by atoms with E-state index < -0.39 is 18.5 Å². The number of nitrogens with one attached hydrogen (secondary N) is 1. The van der Waals surface area contributed by atoms with Gasteiger partial charge in [0, 0.05) is 13.1 Å². The lowest BCUT2D eigenvalue weighted by molar-refractivity contribution is -0.144. The van der Waals surface area contributed by atoms with Crippen molar-refractivity contribution in [2.24, 2.45) is 0 Å². The minimum atomic E-state index is -0.546. The molecule has 0 spiro atoms. The zero-order chi connectivity index (χ0) is 19.6. The van der Waals surface area contributed by atoms with Crippen molar-refractivity contribution < 1.29 is 19.1 Å². The molecule has 1 aliphatic carbocycles. The Kier molecular flexibility index (Phi) is 8.61. The number of nitriles is 1. The molecule has 1 N–H and O–H groups in total. The largest absolute Gasteiger partial charge is 0.455 e. The number of nitrogens with zero attached hydrogens (tertiary/aromatic N) is 2. The molecule has 2 amide bonds. The molecule has 0 aromatic carbocycles. The summed E-state index contributed by atoms with van der Waals surface area (Å²) in [5.41, 5.74) is 0.371. The van der Waals surface area contributed by atoms with E-state index in [4.69, 9.17) is 10.00 Å². The molecule has 1 aromatic rings. The third-order valence-corrected chi connectivity index (χ3v) is 6.08. The van der Waals surface area contributed by atoms with Gasteiger partial charge in [-0.25, -0.2) is 0 Å². The minimum absolute atomic E-state index is 0.0131. The summed E-state index contributed by atoms with van der Waals surface area (Å²) < 4.78 is 4.91. The van der Waals surface area contributed by atoms with Gasteiger partial charge in [-0.15, -0.1) is 23.1 Å². The number of amides is 2. The molecule has 1 heterocycles. The molecule has 0 atom stereocenters. The zero-order valence-electron chi connectivity index (χ0n) is 15.2. The smallest absolute Gasteiger partial charge is 0.316 e. The summed E-state index contributed by atoms with van der Waals surface area (Å²) >= 11 is 2.41. The van der Waals surface area contributed by atoms with Crippen LogP contribution >= 0.6 is 23.1 Å². The number of hydrogen-bond donors (Lipinski definition) is 1. The van der Waals surface area contributed by atoms with Crippen LogP contribution in [0.3, 0.4) is 0 Å². The molecule has 1 aromatic heterocycles. The maximum atomic E-state index is 12.2. The van der Waals surface area contributed by atoms with Gasteiger partial charge < -0.3 is 15.0 Å². The fourth-order valence-corrected chi connectivity index (χ4v) is 4.32. The van der Waals surface area contributed by atoms with Crippen LogP contribution < -0.4 is 5.32 Å². The molecule has 0 radical (unpaired) electrons. The summed E-state index contributed by atoms with van der Waals surface area (Å²) in [5, 5.41) is 13.6. The van der Waals surface area contributed by atoms with Crippen LogP contribution in [-0.4, -0.2) is 53.9 Å². The number of hydrogen-bond acceptors (Lipinski definition) is 7. The van der Waals surface area contributed by atoms with E-state index >= 15 is 0 Å². The number of thioether (sulfide) groups is 1. The highest BCUT2D eigenvalue weighted by molar-refractivity contribution is 8.00. The van der Waals surface area contributed by atoms with Crippen LogP contribution in [-0.2, 0) is 19.1 Å². The van der Waals surface area contributed by atoms with Crippen LogP contribution in [0.5, 0.6) is 0 Å². The molecule has 0 saturated heterocycles. The summed E-state index contributed by atoms with van der Waals surface area (Å²) in [5.74, 6) is -0.802. The van der Waals surface area contributed by atoms with Crippen molar-refractivity contribution in [2.45, 2.75) is 38.1 Å². The predicted octanol–water partition coefficient (Wildman–Crippen LogP) is 2.63. The molecule has 0 unspecified atom stereocenters. The third kappa shape index (κ3) is 6.88. The van der Waals surface area contributed by atoms with Crippen LogP contribution in [0.2, 0.25) is 0 Å². The van der Waals surface area contributed by atoms with Gasteiger partial charge in [0.05, 0.1) is 17.1 Å². The van der Waals surface area contributed by atoms with E-state index in [1.165, 1.54) is 29.5 Å². The van der Waals surface area contributed by atoms with Gasteiger partial charge in [-0.05, 0) is 24.3 Å². The second-order valence-electron chi connectivity index (χ2n) is 6.27. The van der Waals surface area contributed by atoms with E-state index in [0.29, 0.717) is 16.6 Å². The van der Waals surface area contributed by atoms with Crippen molar-refractivity contribution in [3.8, 4) is 6.07 Å². The highest BCUT2D eigenvalue weighted by Crippen LogP contribution is 2.23. The first-order chi connectivity index (χ1) is 13.0. The number of esters is 1. The molecule has 9 heteroatoms. The first kappa shape index (κ1) is 21.3. The molecular weight excluding hydrogens is 386 g/mol. The van der Waals surface area contributed by atoms with Crippen molar-refractivity contribution in [3.63, 3.8) is 0 Å². The SMILES string of the molecule is CN(C(=O)CSCC(=O)OCC(=O)Nc1sccc1C#N)C1CCCCC1. The molecule has 0 bridgehead atoms. The second-order valence-corrected chi connectivity index (χ2v) is 8.18. The van der Waals surface area contributed by atoms with Crippen molar-refractivity contribution in [1.29, 1.82) is 5.26 Å². The van der Waals surface area contributed by atoms with Crippen LogP contribution in [0.25, 0.3) is 0 Å². The second kappa shape index (κ2) is 10.9. The van der Waals surface area contributed by atoms with Gasteiger partial charge in [0.1, 0.15) is 11.1 Å². The summed E-state index contributed by atoms with van der Waals surface area (Å²) in [7, 11) is 1.82. The average molecular weight is 410 g/mol. The Morgan fingerprint density at radius 2 is 2.07 bits per heavy atom. The first-order valence-electron chi connectivity index (χ1n) is 8.77. The van der Waals surface area contributed by atoms with Crippen LogP contribution in [0.15, 0.2) is 11.4 Å². The molecule has 1 saturated carbocycles. The lowest BCUT2D eigenvalue weighted by Gasteiger charge is -2.31. The Morgan fingerprint density at radius 3 is 2.78 bits per heavy atom. The van der Waals surface area contributed by atoms with Gasteiger partial charge in [-0.2, -0.15) is 5.26 Å². The minimum Gasteiger partial charge on any atom is -0.455 e. The zero-order valence-corrected chi connectivity index (χ0v) is 16.9. The van der Waals surface area contributed by atoms with E-state index in [0.717, 1.165) is 25.7 Å². The van der Waals surface area contributed by atoms with Crippen molar-refractivity contribution in [3.05, 3.63) is 17.0 Å². The topological polar surface area (TPSA) is 99.5 Å². The van der Waals surface area contributed by atoms with Crippen molar-refractivity contribution in [2.75, 3.05) is 30.5 Å². The van der Waals surface area contributed by atoms with Crippen LogP contribution in [0.1, 0.15) is 37.7 Å². The molecule has 27 heavy (non-hydrogen) atoms. The summed E-state index contributed by atoms with van der Waals surface area (Å²) in [6.07, 6.45) is 5.64. The van der Waals surface area contributed by atoms with E-state index in [2.05, 4.69) is 5.32 Å². The number of ether oxygens (including phenoxy) is 1. The quantitative estimate of drug-likeness (QED) is 0.663. The molecule has 2 rings (SSSR count). The molecule has 0 aliphatic heterocycles. The van der Waals surface area contributed by atoms with E-state index in [1.807, 2.05) is 13.1 Å². The maximum Gasteiger partial charge on any atom is 0.316 e. The lowest BCUT2D eigenvalue weighted by Crippen LogP contribution is -2.39. The Hall–Kier alpha value is -2.05. The number of rotatable bonds is 8. The number of anilines is 1. The Bertz CT molecular complexity index is 708. The Morgan fingerprint density at radius 1 is 1.33 bits per heavy atom. The fourth-order valence-electron chi connectivity index (χ4n) is 2.84. The third-order valence-electron chi connectivity index (χ3n) is 4.36. The molecule has 1 fully saturated rings. The lowest BCUT2D eigenvalue weighted by atomic mass is 9.94. The van der Waals surface area contributed by atoms with E-state index in [-0.39, 0.29) is 17.4 Å². The fraction of sp³-hybridized carbons (Fsp3) is 0.556. The van der Waals surface area contributed by atoms with Gasteiger partial charge in [0.2, 0.25) is 5.91 Å². The van der Waals surface area contributed by atoms with Gasteiger partial charge in [0.15, 0.2) is 6.61 Å². The summed E-state index contributed by atoms with van der Waals surface area (Å²) in [4.78, 5) is 37.5. The summed E-state index contributed by atoms with van der Waals surface area (Å²) in [6.45, 7) is -0.419. The maximum absolute atomic E-state index is 12.2. The van der Waals surface area contributed by atoms with Gasteiger partial charge >= 0.3 is 5.97 Å². The van der Waals surface area contributed by atoms with Crippen molar-refractivity contribution in [1.82, 2.24) is 4.90 Å².